The summed E-state index contributed by atoms with van der Waals surface area (Å²) in [5.74, 6) is 0.785. The Kier molecular flexibility index (Phi) is 8.05. The molecule has 33 heavy (non-hydrogen) atoms. The predicted molar refractivity (Wildman–Crippen MR) is 134 cm³/mol. The molecule has 2 aromatic rings. The summed E-state index contributed by atoms with van der Waals surface area (Å²) in [7, 11) is 0. The van der Waals surface area contributed by atoms with E-state index in [9.17, 15) is 9.59 Å². The first-order valence-corrected chi connectivity index (χ1v) is 12.6. The van der Waals surface area contributed by atoms with Crippen LogP contribution in [0.3, 0.4) is 0 Å². The molecule has 0 radical (unpaired) electrons. The van der Waals surface area contributed by atoms with Crippen molar-refractivity contribution < 1.29 is 14.3 Å². The van der Waals surface area contributed by atoms with Crippen LogP contribution in [0, 0.1) is 6.92 Å². The first-order chi connectivity index (χ1) is 15.6. The maximum Gasteiger partial charge on any atom is 0.318 e. The molecule has 3 rings (SSSR count). The number of hydrogen-bond acceptors (Lipinski definition) is 4. The molecule has 180 valence electrons. The number of para-hydroxylation sites is 1. The Morgan fingerprint density at radius 2 is 2.00 bits per heavy atom. The zero-order chi connectivity index (χ0) is 24.2. The zero-order valence-electron chi connectivity index (χ0n) is 20.7. The SMILES string of the molecule is CC[C@@H](C)N(CC(=O)N1CCc2sccc2[C@H]1COc1ccccc1C)C(=O)NC(C)(C)C. The number of rotatable bonds is 7. The summed E-state index contributed by atoms with van der Waals surface area (Å²) in [6.45, 7) is 13.0. The topological polar surface area (TPSA) is 61.9 Å². The zero-order valence-corrected chi connectivity index (χ0v) is 21.5. The number of nitrogens with zero attached hydrogens (tertiary/aromatic N) is 2. The van der Waals surface area contributed by atoms with Crippen molar-refractivity contribution in [3.05, 3.63) is 51.7 Å². The van der Waals surface area contributed by atoms with E-state index in [1.54, 1.807) is 16.2 Å². The van der Waals surface area contributed by atoms with Gasteiger partial charge in [0.25, 0.3) is 0 Å². The fourth-order valence-corrected chi connectivity index (χ4v) is 4.97. The molecule has 0 saturated carbocycles. The van der Waals surface area contributed by atoms with E-state index in [4.69, 9.17) is 4.74 Å². The number of hydrogen-bond donors (Lipinski definition) is 1. The van der Waals surface area contributed by atoms with Crippen molar-refractivity contribution >= 4 is 23.3 Å². The molecular weight excluding hydrogens is 434 g/mol. The van der Waals surface area contributed by atoms with Crippen LogP contribution in [-0.4, -0.2) is 53.0 Å². The van der Waals surface area contributed by atoms with E-state index >= 15 is 0 Å². The molecule has 3 amide bonds. The van der Waals surface area contributed by atoms with Crippen molar-refractivity contribution in [3.63, 3.8) is 0 Å². The molecule has 0 saturated heterocycles. The van der Waals surface area contributed by atoms with E-state index in [2.05, 4.69) is 16.8 Å². The second-order valence-electron chi connectivity index (χ2n) is 9.79. The molecule has 1 aliphatic heterocycles. The second kappa shape index (κ2) is 10.6. The molecule has 6 nitrogen and oxygen atoms in total. The van der Waals surface area contributed by atoms with Crippen molar-refractivity contribution in [2.45, 2.75) is 72.0 Å². The third-order valence-corrected chi connectivity index (χ3v) is 7.07. The molecule has 1 aliphatic rings. The number of amides is 3. The van der Waals surface area contributed by atoms with Crippen LogP contribution in [-0.2, 0) is 11.2 Å². The van der Waals surface area contributed by atoms with Gasteiger partial charge >= 0.3 is 6.03 Å². The lowest BCUT2D eigenvalue weighted by molar-refractivity contribution is -0.136. The highest BCUT2D eigenvalue weighted by atomic mass is 32.1. The van der Waals surface area contributed by atoms with Gasteiger partial charge in [0.2, 0.25) is 5.91 Å². The average Bonchev–Trinajstić information content (AvgIpc) is 3.24. The van der Waals surface area contributed by atoms with Crippen LogP contribution >= 0.6 is 11.3 Å². The van der Waals surface area contributed by atoms with Crippen LogP contribution in [0.15, 0.2) is 35.7 Å². The first-order valence-electron chi connectivity index (χ1n) is 11.7. The van der Waals surface area contributed by atoms with Crippen LogP contribution in [0.5, 0.6) is 5.75 Å². The number of carbonyl (C=O) groups excluding carboxylic acids is 2. The molecule has 2 heterocycles. The van der Waals surface area contributed by atoms with E-state index in [0.29, 0.717) is 13.2 Å². The van der Waals surface area contributed by atoms with Gasteiger partial charge in [-0.2, -0.15) is 0 Å². The Balaban J connectivity index is 1.80. The van der Waals surface area contributed by atoms with Crippen molar-refractivity contribution in [1.29, 1.82) is 0 Å². The lowest BCUT2D eigenvalue weighted by Gasteiger charge is -2.38. The van der Waals surface area contributed by atoms with Crippen molar-refractivity contribution in [1.82, 2.24) is 15.1 Å². The number of carbonyl (C=O) groups is 2. The summed E-state index contributed by atoms with van der Waals surface area (Å²) >= 11 is 1.73. The van der Waals surface area contributed by atoms with Crippen molar-refractivity contribution in [2.24, 2.45) is 0 Å². The van der Waals surface area contributed by atoms with Gasteiger partial charge in [-0.05, 0) is 76.1 Å². The van der Waals surface area contributed by atoms with Crippen molar-refractivity contribution in [2.75, 3.05) is 19.7 Å². The minimum absolute atomic E-state index is 0.0422. The highest BCUT2D eigenvalue weighted by molar-refractivity contribution is 7.10. The van der Waals surface area contributed by atoms with E-state index < -0.39 is 0 Å². The Labute approximate surface area is 201 Å². The number of benzene rings is 1. The molecule has 0 spiro atoms. The van der Waals surface area contributed by atoms with Gasteiger partial charge in [0.05, 0.1) is 6.04 Å². The van der Waals surface area contributed by atoms with Gasteiger partial charge < -0.3 is 19.9 Å². The van der Waals surface area contributed by atoms with Gasteiger partial charge in [-0.1, -0.05) is 25.1 Å². The average molecular weight is 472 g/mol. The molecule has 0 aliphatic carbocycles. The van der Waals surface area contributed by atoms with Gasteiger partial charge in [0, 0.05) is 23.0 Å². The number of ether oxygens (including phenoxy) is 1. The number of fused-ring (bicyclic) bond motifs is 1. The lowest BCUT2D eigenvalue weighted by Crippen LogP contribution is -2.55. The number of thiophene rings is 1. The Bertz CT molecular complexity index is 966. The summed E-state index contributed by atoms with van der Waals surface area (Å²) in [5, 5.41) is 5.10. The standard InChI is InChI=1S/C26H37N3O3S/c1-7-19(3)29(25(31)27-26(4,5)6)16-24(30)28-14-12-23-20(13-15-33-23)21(28)17-32-22-11-9-8-10-18(22)2/h8-11,13,15,19,21H,7,12,14,16-17H2,1-6H3,(H,27,31)/t19-,21-/m1/s1. The Hall–Kier alpha value is -2.54. The largest absolute Gasteiger partial charge is 0.491 e. The number of aryl methyl sites for hydroxylation is 1. The molecule has 1 aromatic carbocycles. The molecule has 0 bridgehead atoms. The van der Waals surface area contributed by atoms with Gasteiger partial charge in [-0.15, -0.1) is 11.3 Å². The lowest BCUT2D eigenvalue weighted by atomic mass is 10.00. The molecular formula is C26H37N3O3S. The smallest absolute Gasteiger partial charge is 0.318 e. The third-order valence-electron chi connectivity index (χ3n) is 6.08. The molecule has 1 N–H and O–H groups in total. The van der Waals surface area contributed by atoms with Crippen LogP contribution in [0.25, 0.3) is 0 Å². The quantitative estimate of drug-likeness (QED) is 0.606. The summed E-state index contributed by atoms with van der Waals surface area (Å²) in [5.41, 5.74) is 1.85. The minimum atomic E-state index is -0.369. The first kappa shape index (κ1) is 25.1. The maximum atomic E-state index is 13.6. The Morgan fingerprint density at radius 1 is 1.27 bits per heavy atom. The molecule has 1 aromatic heterocycles. The minimum Gasteiger partial charge on any atom is -0.491 e. The number of urea groups is 1. The summed E-state index contributed by atoms with van der Waals surface area (Å²) in [4.78, 5) is 31.4. The van der Waals surface area contributed by atoms with Crippen LogP contribution in [0.2, 0.25) is 0 Å². The third kappa shape index (κ3) is 6.28. The molecule has 2 atom stereocenters. The van der Waals surface area contributed by atoms with Crippen LogP contribution in [0.1, 0.15) is 63.1 Å². The van der Waals surface area contributed by atoms with Crippen LogP contribution < -0.4 is 10.1 Å². The van der Waals surface area contributed by atoms with Gasteiger partial charge in [-0.25, -0.2) is 4.79 Å². The molecule has 0 unspecified atom stereocenters. The van der Waals surface area contributed by atoms with E-state index in [0.717, 1.165) is 29.7 Å². The summed E-state index contributed by atoms with van der Waals surface area (Å²) in [6, 6.07) is 9.61. The normalized spacial score (nSPS) is 16.7. The monoisotopic (exact) mass is 471 g/mol. The van der Waals surface area contributed by atoms with Crippen LogP contribution in [0.4, 0.5) is 4.79 Å². The van der Waals surface area contributed by atoms with E-state index in [-0.39, 0.29) is 36.1 Å². The van der Waals surface area contributed by atoms with Gasteiger partial charge in [-0.3, -0.25) is 4.79 Å². The summed E-state index contributed by atoms with van der Waals surface area (Å²) in [6.07, 6.45) is 1.61. The fourth-order valence-electron chi connectivity index (χ4n) is 4.04. The Morgan fingerprint density at radius 3 is 2.67 bits per heavy atom. The second-order valence-corrected chi connectivity index (χ2v) is 10.8. The van der Waals surface area contributed by atoms with E-state index in [1.165, 1.54) is 4.88 Å². The van der Waals surface area contributed by atoms with Crippen molar-refractivity contribution in [3.8, 4) is 5.75 Å². The maximum absolute atomic E-state index is 13.6. The molecule has 0 fully saturated rings. The molecule has 7 heteroatoms. The fraction of sp³-hybridized carbons (Fsp3) is 0.538. The number of nitrogens with one attached hydrogen (secondary N) is 1. The predicted octanol–water partition coefficient (Wildman–Crippen LogP) is 5.17. The van der Waals surface area contributed by atoms with Gasteiger partial charge in [0.1, 0.15) is 18.9 Å². The summed E-state index contributed by atoms with van der Waals surface area (Å²) < 4.78 is 6.19. The highest BCUT2D eigenvalue weighted by Crippen LogP contribution is 2.34. The van der Waals surface area contributed by atoms with E-state index in [1.807, 2.05) is 70.7 Å². The van der Waals surface area contributed by atoms with Gasteiger partial charge in [0.15, 0.2) is 0 Å². The highest BCUT2D eigenvalue weighted by Gasteiger charge is 2.34.